The molecule has 0 bridgehead atoms. The third-order valence-electron chi connectivity index (χ3n) is 4.31. The Labute approximate surface area is 154 Å². The number of carboxylic acid groups (broad SMARTS) is 1. The molecule has 26 heavy (non-hydrogen) atoms. The summed E-state index contributed by atoms with van der Waals surface area (Å²) in [5, 5.41) is 11.2. The lowest BCUT2D eigenvalue weighted by atomic mass is 9.90. The topological polar surface area (TPSA) is 69.6 Å². The minimum Gasteiger partial charge on any atom is -0.480 e. The third-order valence-corrected chi connectivity index (χ3v) is 4.31. The molecule has 0 aliphatic carbocycles. The molecule has 2 aromatic carbocycles. The standard InChI is InChI=1S/C16H17NO.C5H9NO2/c1-17(2)16(18)15(13-9-5-3-6-10-13)14-11-7-4-8-12-14;7-5(8)4-2-1-3-6-4/h3-12,15H,1-2H3;4,6H,1-3H2,(H,7,8)/t;4-/m.0/s1. The molecule has 0 radical (unpaired) electrons. The Kier molecular flexibility index (Phi) is 7.36. The molecule has 1 aliphatic rings. The van der Waals surface area contributed by atoms with E-state index in [1.54, 1.807) is 19.0 Å². The number of amides is 1. The molecule has 5 heteroatoms. The van der Waals surface area contributed by atoms with Crippen LogP contribution in [0.5, 0.6) is 0 Å². The zero-order valence-electron chi connectivity index (χ0n) is 15.3. The van der Waals surface area contributed by atoms with Gasteiger partial charge in [0.1, 0.15) is 6.04 Å². The van der Waals surface area contributed by atoms with E-state index in [0.29, 0.717) is 0 Å². The lowest BCUT2D eigenvalue weighted by Gasteiger charge is -2.21. The first-order valence-corrected chi connectivity index (χ1v) is 8.78. The van der Waals surface area contributed by atoms with Crippen LogP contribution in [0, 0.1) is 0 Å². The quantitative estimate of drug-likeness (QED) is 0.886. The molecule has 5 nitrogen and oxygen atoms in total. The molecule has 138 valence electrons. The largest absolute Gasteiger partial charge is 0.480 e. The number of aliphatic carboxylic acids is 1. The maximum atomic E-state index is 12.4. The second-order valence-electron chi connectivity index (χ2n) is 6.47. The average Bonchev–Trinajstić information content (AvgIpc) is 3.19. The van der Waals surface area contributed by atoms with Crippen molar-refractivity contribution in [2.45, 2.75) is 24.8 Å². The highest BCUT2D eigenvalue weighted by Crippen LogP contribution is 2.25. The van der Waals surface area contributed by atoms with Crippen molar-refractivity contribution in [3.63, 3.8) is 0 Å². The summed E-state index contributed by atoms with van der Waals surface area (Å²) in [5.74, 6) is -0.836. The smallest absolute Gasteiger partial charge is 0.320 e. The molecule has 1 saturated heterocycles. The fourth-order valence-electron chi connectivity index (χ4n) is 2.92. The van der Waals surface area contributed by atoms with Crippen LogP contribution in [-0.4, -0.2) is 48.6 Å². The van der Waals surface area contributed by atoms with E-state index in [9.17, 15) is 9.59 Å². The van der Waals surface area contributed by atoms with E-state index >= 15 is 0 Å². The summed E-state index contributed by atoms with van der Waals surface area (Å²) in [5.41, 5.74) is 2.06. The molecule has 1 aliphatic heterocycles. The third kappa shape index (κ3) is 5.43. The molecule has 2 aromatic rings. The Morgan fingerprint density at radius 3 is 1.81 bits per heavy atom. The minimum absolute atomic E-state index is 0.104. The van der Waals surface area contributed by atoms with Crippen LogP contribution in [0.25, 0.3) is 0 Å². The fraction of sp³-hybridized carbons (Fsp3) is 0.333. The number of likely N-dealkylation sites (N-methyl/N-ethyl adjacent to an activating group) is 1. The number of carboxylic acids is 1. The van der Waals surface area contributed by atoms with E-state index in [1.165, 1.54) is 0 Å². The van der Waals surface area contributed by atoms with Crippen LogP contribution in [0.15, 0.2) is 60.7 Å². The molecular weight excluding hydrogens is 328 g/mol. The van der Waals surface area contributed by atoms with Gasteiger partial charge < -0.3 is 15.3 Å². The molecule has 0 spiro atoms. The van der Waals surface area contributed by atoms with E-state index in [4.69, 9.17) is 5.11 Å². The maximum absolute atomic E-state index is 12.4. The van der Waals surface area contributed by atoms with Crippen molar-refractivity contribution in [2.24, 2.45) is 0 Å². The van der Waals surface area contributed by atoms with Gasteiger partial charge in [0.25, 0.3) is 0 Å². The van der Waals surface area contributed by atoms with Gasteiger partial charge in [-0.1, -0.05) is 60.7 Å². The molecule has 3 rings (SSSR count). The van der Waals surface area contributed by atoms with Crippen LogP contribution in [0.4, 0.5) is 0 Å². The summed E-state index contributed by atoms with van der Waals surface area (Å²) in [6.45, 7) is 0.858. The molecule has 1 amide bonds. The number of rotatable bonds is 4. The maximum Gasteiger partial charge on any atom is 0.320 e. The number of nitrogens with one attached hydrogen (secondary N) is 1. The molecule has 0 aromatic heterocycles. The van der Waals surface area contributed by atoms with Crippen molar-refractivity contribution in [2.75, 3.05) is 20.6 Å². The second-order valence-corrected chi connectivity index (χ2v) is 6.47. The van der Waals surface area contributed by atoms with Crippen LogP contribution >= 0.6 is 0 Å². The number of hydrogen-bond donors (Lipinski definition) is 2. The van der Waals surface area contributed by atoms with Crippen LogP contribution in [0.3, 0.4) is 0 Å². The van der Waals surface area contributed by atoms with Crippen molar-refractivity contribution in [1.82, 2.24) is 10.2 Å². The second kappa shape index (κ2) is 9.73. The molecule has 0 unspecified atom stereocenters. The highest BCUT2D eigenvalue weighted by atomic mass is 16.4. The summed E-state index contributed by atoms with van der Waals surface area (Å²) in [7, 11) is 3.59. The molecule has 1 heterocycles. The zero-order chi connectivity index (χ0) is 18.9. The predicted octanol–water partition coefficient (Wildman–Crippen LogP) is 2.73. The van der Waals surface area contributed by atoms with Crippen LogP contribution < -0.4 is 5.32 Å². The zero-order valence-corrected chi connectivity index (χ0v) is 15.3. The summed E-state index contributed by atoms with van der Waals surface area (Å²) >= 11 is 0. The highest BCUT2D eigenvalue weighted by molar-refractivity contribution is 5.86. The minimum atomic E-state index is -0.720. The van der Waals surface area contributed by atoms with E-state index in [-0.39, 0.29) is 17.9 Å². The van der Waals surface area contributed by atoms with Crippen molar-refractivity contribution >= 4 is 11.9 Å². The Morgan fingerprint density at radius 1 is 1.00 bits per heavy atom. The van der Waals surface area contributed by atoms with Gasteiger partial charge in [-0.2, -0.15) is 0 Å². The first-order valence-electron chi connectivity index (χ1n) is 8.78. The van der Waals surface area contributed by atoms with Crippen molar-refractivity contribution < 1.29 is 14.7 Å². The summed E-state index contributed by atoms with van der Waals surface area (Å²) in [4.78, 5) is 24.2. The van der Waals surface area contributed by atoms with E-state index in [0.717, 1.165) is 30.5 Å². The number of benzene rings is 2. The van der Waals surface area contributed by atoms with E-state index in [1.807, 2.05) is 60.7 Å². The number of hydrogen-bond acceptors (Lipinski definition) is 3. The molecular formula is C21H26N2O3. The Morgan fingerprint density at radius 2 is 1.50 bits per heavy atom. The van der Waals surface area contributed by atoms with Gasteiger partial charge in [-0.3, -0.25) is 9.59 Å². The average molecular weight is 354 g/mol. The van der Waals surface area contributed by atoms with Gasteiger partial charge in [0.2, 0.25) is 5.91 Å². The van der Waals surface area contributed by atoms with Crippen LogP contribution in [0.1, 0.15) is 29.9 Å². The van der Waals surface area contributed by atoms with E-state index < -0.39 is 5.97 Å². The monoisotopic (exact) mass is 354 g/mol. The van der Waals surface area contributed by atoms with E-state index in [2.05, 4.69) is 5.32 Å². The van der Waals surface area contributed by atoms with Crippen molar-refractivity contribution in [1.29, 1.82) is 0 Å². The number of carbonyl (C=O) groups excluding carboxylic acids is 1. The first-order chi connectivity index (χ1) is 12.5. The Hall–Kier alpha value is -2.66. The first kappa shape index (κ1) is 19.7. The van der Waals surface area contributed by atoms with Crippen LogP contribution in [-0.2, 0) is 9.59 Å². The lowest BCUT2D eigenvalue weighted by molar-refractivity contribution is -0.139. The van der Waals surface area contributed by atoms with Gasteiger partial charge in [0.05, 0.1) is 5.92 Å². The SMILES string of the molecule is CN(C)C(=O)C(c1ccccc1)c1ccccc1.O=C(O)[C@@H]1CCCN1. The highest BCUT2D eigenvalue weighted by Gasteiger charge is 2.23. The van der Waals surface area contributed by atoms with Crippen molar-refractivity contribution in [3.8, 4) is 0 Å². The Bertz CT molecular complexity index is 656. The Balaban J connectivity index is 0.000000254. The van der Waals surface area contributed by atoms with Gasteiger partial charge >= 0.3 is 5.97 Å². The van der Waals surface area contributed by atoms with Gasteiger partial charge in [0.15, 0.2) is 0 Å². The van der Waals surface area contributed by atoms with Gasteiger partial charge in [0, 0.05) is 14.1 Å². The fourth-order valence-corrected chi connectivity index (χ4v) is 2.92. The molecule has 1 atom stereocenters. The molecule has 1 fully saturated rings. The number of nitrogens with zero attached hydrogens (tertiary/aromatic N) is 1. The summed E-state index contributed by atoms with van der Waals surface area (Å²) in [6, 6.07) is 19.5. The van der Waals surface area contributed by atoms with Gasteiger partial charge in [-0.15, -0.1) is 0 Å². The number of carbonyl (C=O) groups is 2. The summed E-state index contributed by atoms with van der Waals surface area (Å²) in [6.07, 6.45) is 1.78. The normalized spacial score (nSPS) is 15.9. The molecule has 0 saturated carbocycles. The predicted molar refractivity (Wildman–Crippen MR) is 102 cm³/mol. The van der Waals surface area contributed by atoms with Gasteiger partial charge in [-0.25, -0.2) is 0 Å². The van der Waals surface area contributed by atoms with Gasteiger partial charge in [-0.05, 0) is 30.5 Å². The molecule has 2 N–H and O–H groups in total. The van der Waals surface area contributed by atoms with Crippen molar-refractivity contribution in [3.05, 3.63) is 71.8 Å². The van der Waals surface area contributed by atoms with Crippen LogP contribution in [0.2, 0.25) is 0 Å². The summed E-state index contributed by atoms with van der Waals surface area (Å²) < 4.78 is 0. The lowest BCUT2D eigenvalue weighted by Crippen LogP contribution is -2.29.